The molecule has 4 nitrogen and oxygen atoms in total. The first kappa shape index (κ1) is 14.1. The summed E-state index contributed by atoms with van der Waals surface area (Å²) >= 11 is 0. The van der Waals surface area contributed by atoms with Gasteiger partial charge >= 0.3 is 5.97 Å². The van der Waals surface area contributed by atoms with Gasteiger partial charge in [-0.1, -0.05) is 30.3 Å². The summed E-state index contributed by atoms with van der Waals surface area (Å²) in [5.41, 5.74) is 2.83. The van der Waals surface area contributed by atoms with Gasteiger partial charge in [0.05, 0.1) is 12.2 Å². The van der Waals surface area contributed by atoms with Crippen LogP contribution in [0.25, 0.3) is 0 Å². The Bertz CT molecular complexity index is 602. The molecule has 2 aromatic rings. The number of rotatable bonds is 5. The third kappa shape index (κ3) is 3.16. The summed E-state index contributed by atoms with van der Waals surface area (Å²) in [7, 11) is 0. The first-order valence-corrected chi connectivity index (χ1v) is 6.26. The zero-order valence-electron chi connectivity index (χ0n) is 11.2. The van der Waals surface area contributed by atoms with Crippen molar-refractivity contribution in [3.05, 3.63) is 64.7 Å². The maximum atomic E-state index is 10.8. The lowest BCUT2D eigenvalue weighted by Crippen LogP contribution is -2.02. The van der Waals surface area contributed by atoms with E-state index in [1.807, 2.05) is 25.1 Å². The highest BCUT2D eigenvalue weighted by Gasteiger charge is 2.07. The van der Waals surface area contributed by atoms with Gasteiger partial charge in [-0.25, -0.2) is 4.79 Å². The molecule has 20 heavy (non-hydrogen) atoms. The molecule has 2 N–H and O–H groups in total. The Labute approximate surface area is 117 Å². The molecule has 0 bridgehead atoms. The Morgan fingerprint density at radius 1 is 1.15 bits per heavy atom. The zero-order chi connectivity index (χ0) is 14.5. The average Bonchev–Trinajstić information content (AvgIpc) is 2.46. The van der Waals surface area contributed by atoms with Crippen molar-refractivity contribution in [3.63, 3.8) is 0 Å². The zero-order valence-corrected chi connectivity index (χ0v) is 11.2. The highest BCUT2D eigenvalue weighted by Crippen LogP contribution is 2.24. The number of carboxylic acids is 1. The van der Waals surface area contributed by atoms with E-state index in [1.54, 1.807) is 24.3 Å². The number of benzene rings is 2. The van der Waals surface area contributed by atoms with E-state index >= 15 is 0 Å². The average molecular weight is 272 g/mol. The summed E-state index contributed by atoms with van der Waals surface area (Å²) in [4.78, 5) is 10.8. The van der Waals surface area contributed by atoms with Crippen LogP contribution in [0, 0.1) is 6.92 Å². The van der Waals surface area contributed by atoms with Crippen LogP contribution in [0.5, 0.6) is 5.75 Å². The molecule has 0 fully saturated rings. The van der Waals surface area contributed by atoms with Crippen molar-refractivity contribution < 1.29 is 19.7 Å². The Morgan fingerprint density at radius 3 is 2.45 bits per heavy atom. The van der Waals surface area contributed by atoms with E-state index in [4.69, 9.17) is 9.84 Å². The molecule has 0 aliphatic heterocycles. The molecule has 0 heterocycles. The number of aliphatic hydroxyl groups excluding tert-OH is 1. The highest BCUT2D eigenvalue weighted by atomic mass is 16.5. The minimum atomic E-state index is -0.945. The van der Waals surface area contributed by atoms with E-state index in [9.17, 15) is 9.90 Å². The molecule has 2 aromatic carbocycles. The highest BCUT2D eigenvalue weighted by molar-refractivity contribution is 5.87. The molecule has 0 saturated heterocycles. The maximum Gasteiger partial charge on any atom is 0.335 e. The van der Waals surface area contributed by atoms with E-state index in [0.717, 1.165) is 16.7 Å². The van der Waals surface area contributed by atoms with Gasteiger partial charge in [0.25, 0.3) is 0 Å². The van der Waals surface area contributed by atoms with Crippen LogP contribution in [0.1, 0.15) is 27.0 Å². The smallest absolute Gasteiger partial charge is 0.335 e. The lowest BCUT2D eigenvalue weighted by Gasteiger charge is -2.13. The molecular formula is C16H16O4. The molecule has 0 unspecified atom stereocenters. The quantitative estimate of drug-likeness (QED) is 0.878. The lowest BCUT2D eigenvalue weighted by molar-refractivity contribution is 0.0697. The summed E-state index contributed by atoms with van der Waals surface area (Å²) in [6, 6.07) is 12.1. The second-order valence-electron chi connectivity index (χ2n) is 4.51. The van der Waals surface area contributed by atoms with Gasteiger partial charge in [0.15, 0.2) is 0 Å². The van der Waals surface area contributed by atoms with Crippen LogP contribution in [-0.2, 0) is 13.2 Å². The summed E-state index contributed by atoms with van der Waals surface area (Å²) in [6.07, 6.45) is 0. The third-order valence-electron chi connectivity index (χ3n) is 3.05. The Hall–Kier alpha value is -2.33. The largest absolute Gasteiger partial charge is 0.488 e. The molecule has 0 amide bonds. The van der Waals surface area contributed by atoms with Gasteiger partial charge in [0.1, 0.15) is 12.4 Å². The molecular weight excluding hydrogens is 256 g/mol. The summed E-state index contributed by atoms with van der Waals surface area (Å²) in [5.74, 6) is -0.267. The first-order valence-electron chi connectivity index (χ1n) is 6.26. The molecule has 0 aliphatic carbocycles. The van der Waals surface area contributed by atoms with Gasteiger partial charge in [0, 0.05) is 5.56 Å². The van der Waals surface area contributed by atoms with Crippen molar-refractivity contribution in [1.82, 2.24) is 0 Å². The predicted molar refractivity (Wildman–Crippen MR) is 74.8 cm³/mol. The van der Waals surface area contributed by atoms with Gasteiger partial charge in [-0.15, -0.1) is 0 Å². The SMILES string of the molecule is Cc1cccc(CO)c1OCc1ccc(C(=O)O)cc1. The lowest BCUT2D eigenvalue weighted by atomic mass is 10.1. The molecule has 0 aromatic heterocycles. The van der Waals surface area contributed by atoms with Crippen molar-refractivity contribution in [1.29, 1.82) is 0 Å². The van der Waals surface area contributed by atoms with Gasteiger partial charge in [-0.3, -0.25) is 0 Å². The van der Waals surface area contributed by atoms with Crippen LogP contribution < -0.4 is 4.74 Å². The van der Waals surface area contributed by atoms with E-state index < -0.39 is 5.97 Å². The number of hydrogen-bond donors (Lipinski definition) is 2. The van der Waals surface area contributed by atoms with E-state index in [1.165, 1.54) is 0 Å². The van der Waals surface area contributed by atoms with Gasteiger partial charge < -0.3 is 14.9 Å². The van der Waals surface area contributed by atoms with Gasteiger partial charge in [-0.05, 0) is 30.2 Å². The number of para-hydroxylation sites is 1. The number of carboxylic acid groups (broad SMARTS) is 1. The monoisotopic (exact) mass is 272 g/mol. The predicted octanol–water partition coefficient (Wildman–Crippen LogP) is 2.76. The van der Waals surface area contributed by atoms with E-state index in [-0.39, 0.29) is 12.2 Å². The van der Waals surface area contributed by atoms with Crippen molar-refractivity contribution in [2.75, 3.05) is 0 Å². The Balaban J connectivity index is 2.11. The molecule has 0 atom stereocenters. The fraction of sp³-hybridized carbons (Fsp3) is 0.188. The number of aryl methyl sites for hydroxylation is 1. The second kappa shape index (κ2) is 6.21. The molecule has 104 valence electrons. The molecule has 0 radical (unpaired) electrons. The maximum absolute atomic E-state index is 10.8. The minimum absolute atomic E-state index is 0.0744. The molecule has 4 heteroatoms. The fourth-order valence-electron chi connectivity index (χ4n) is 1.94. The Kier molecular flexibility index (Phi) is 4.38. The van der Waals surface area contributed by atoms with Crippen LogP contribution in [0.15, 0.2) is 42.5 Å². The van der Waals surface area contributed by atoms with Crippen molar-refractivity contribution >= 4 is 5.97 Å². The van der Waals surface area contributed by atoms with Crippen molar-refractivity contribution in [2.45, 2.75) is 20.1 Å². The summed E-state index contributed by atoms with van der Waals surface area (Å²) in [5, 5.41) is 18.1. The minimum Gasteiger partial charge on any atom is -0.488 e. The van der Waals surface area contributed by atoms with Gasteiger partial charge in [-0.2, -0.15) is 0 Å². The normalized spacial score (nSPS) is 10.3. The summed E-state index contributed by atoms with van der Waals surface area (Å²) in [6.45, 7) is 2.18. The molecule has 0 saturated carbocycles. The van der Waals surface area contributed by atoms with Crippen molar-refractivity contribution in [2.24, 2.45) is 0 Å². The number of aliphatic hydroxyl groups is 1. The Morgan fingerprint density at radius 2 is 1.85 bits per heavy atom. The van der Waals surface area contributed by atoms with Crippen LogP contribution >= 0.6 is 0 Å². The van der Waals surface area contributed by atoms with Crippen molar-refractivity contribution in [3.8, 4) is 5.75 Å². The standard InChI is InChI=1S/C16H16O4/c1-11-3-2-4-14(9-17)15(11)20-10-12-5-7-13(8-6-12)16(18)19/h2-8,17H,9-10H2,1H3,(H,18,19). The van der Waals surface area contributed by atoms with E-state index in [2.05, 4.69) is 0 Å². The topological polar surface area (TPSA) is 66.8 Å². The van der Waals surface area contributed by atoms with Gasteiger partial charge in [0.2, 0.25) is 0 Å². The fourth-order valence-corrected chi connectivity index (χ4v) is 1.94. The molecule has 2 rings (SSSR count). The van der Waals surface area contributed by atoms with Crippen LogP contribution in [0.4, 0.5) is 0 Å². The van der Waals surface area contributed by atoms with Crippen LogP contribution in [0.2, 0.25) is 0 Å². The number of ether oxygens (including phenoxy) is 1. The number of carbonyl (C=O) groups is 1. The third-order valence-corrected chi connectivity index (χ3v) is 3.05. The molecule has 0 aliphatic rings. The second-order valence-corrected chi connectivity index (χ2v) is 4.51. The number of aromatic carboxylic acids is 1. The summed E-state index contributed by atoms with van der Waals surface area (Å²) < 4.78 is 5.74. The van der Waals surface area contributed by atoms with E-state index in [0.29, 0.717) is 12.4 Å². The van der Waals surface area contributed by atoms with Crippen LogP contribution in [0.3, 0.4) is 0 Å². The van der Waals surface area contributed by atoms with Crippen LogP contribution in [-0.4, -0.2) is 16.2 Å². The molecule has 0 spiro atoms. The first-order chi connectivity index (χ1) is 9.61. The number of hydrogen-bond acceptors (Lipinski definition) is 3.